The number of benzene rings is 1. The minimum atomic E-state index is 0.199. The van der Waals surface area contributed by atoms with Gasteiger partial charge in [0, 0.05) is 16.7 Å². The first-order chi connectivity index (χ1) is 9.35. The largest absolute Gasteiger partial charge is 0.469 e. The van der Waals surface area contributed by atoms with E-state index in [2.05, 4.69) is 48.0 Å². The Morgan fingerprint density at radius 3 is 2.84 bits per heavy atom. The zero-order valence-electron chi connectivity index (χ0n) is 11.1. The summed E-state index contributed by atoms with van der Waals surface area (Å²) in [6.45, 7) is 2.13. The van der Waals surface area contributed by atoms with Crippen LogP contribution in [0.15, 0.2) is 46.4 Å². The molecule has 1 N–H and O–H groups in total. The lowest BCUT2D eigenvalue weighted by Crippen LogP contribution is -2.17. The fraction of sp³-hybridized carbons (Fsp3) is 0.250. The van der Waals surface area contributed by atoms with E-state index in [1.807, 2.05) is 7.05 Å². The Morgan fingerprint density at radius 1 is 1.21 bits per heavy atom. The first-order valence-corrected chi connectivity index (χ1v) is 7.42. The molecule has 0 aliphatic heterocycles. The number of thiophene rings is 1. The molecule has 3 heteroatoms. The highest BCUT2D eigenvalue weighted by atomic mass is 32.1. The molecule has 0 amide bonds. The van der Waals surface area contributed by atoms with Gasteiger partial charge in [0.25, 0.3) is 0 Å². The van der Waals surface area contributed by atoms with E-state index >= 15 is 0 Å². The van der Waals surface area contributed by atoms with E-state index < -0.39 is 0 Å². The molecule has 3 aromatic rings. The molecule has 1 unspecified atom stereocenters. The number of furan rings is 1. The summed E-state index contributed by atoms with van der Waals surface area (Å²) in [4.78, 5) is 0. The second kappa shape index (κ2) is 5.19. The molecule has 0 saturated heterocycles. The SMILES string of the molecule is CCc1occc1C(NC)c1csc2ccccc12. The Hall–Kier alpha value is -1.58. The summed E-state index contributed by atoms with van der Waals surface area (Å²) < 4.78 is 6.90. The van der Waals surface area contributed by atoms with Gasteiger partial charge in [0.15, 0.2) is 0 Å². The van der Waals surface area contributed by atoms with Crippen molar-refractivity contribution in [3.8, 4) is 0 Å². The van der Waals surface area contributed by atoms with Gasteiger partial charge in [0.05, 0.1) is 12.3 Å². The van der Waals surface area contributed by atoms with Crippen LogP contribution in [0.25, 0.3) is 10.1 Å². The summed E-state index contributed by atoms with van der Waals surface area (Å²) in [5.41, 5.74) is 2.58. The van der Waals surface area contributed by atoms with Crippen LogP contribution in [0.2, 0.25) is 0 Å². The average molecular weight is 271 g/mol. The van der Waals surface area contributed by atoms with Crippen molar-refractivity contribution in [1.29, 1.82) is 0 Å². The van der Waals surface area contributed by atoms with Crippen molar-refractivity contribution >= 4 is 21.4 Å². The van der Waals surface area contributed by atoms with Crippen LogP contribution in [0.5, 0.6) is 0 Å². The quantitative estimate of drug-likeness (QED) is 0.762. The molecule has 0 fully saturated rings. The van der Waals surface area contributed by atoms with Crippen molar-refractivity contribution in [3.05, 3.63) is 58.9 Å². The van der Waals surface area contributed by atoms with Gasteiger partial charge in [0.2, 0.25) is 0 Å². The van der Waals surface area contributed by atoms with Crippen molar-refractivity contribution in [3.63, 3.8) is 0 Å². The highest BCUT2D eigenvalue weighted by molar-refractivity contribution is 7.17. The van der Waals surface area contributed by atoms with Crippen LogP contribution in [-0.2, 0) is 6.42 Å². The molecule has 1 aromatic carbocycles. The summed E-state index contributed by atoms with van der Waals surface area (Å²) in [7, 11) is 2.00. The molecular weight excluding hydrogens is 254 g/mol. The molecule has 2 aromatic heterocycles. The smallest absolute Gasteiger partial charge is 0.108 e. The normalized spacial score (nSPS) is 12.9. The zero-order valence-corrected chi connectivity index (χ0v) is 12.0. The molecule has 0 aliphatic rings. The number of nitrogens with one attached hydrogen (secondary N) is 1. The van der Waals surface area contributed by atoms with Gasteiger partial charge in [-0.1, -0.05) is 25.1 Å². The maximum atomic E-state index is 5.57. The van der Waals surface area contributed by atoms with Crippen LogP contribution in [0.3, 0.4) is 0 Å². The Morgan fingerprint density at radius 2 is 2.05 bits per heavy atom. The topological polar surface area (TPSA) is 25.2 Å². The number of hydrogen-bond acceptors (Lipinski definition) is 3. The summed E-state index contributed by atoms with van der Waals surface area (Å²) in [6.07, 6.45) is 2.70. The van der Waals surface area contributed by atoms with Crippen molar-refractivity contribution in [2.45, 2.75) is 19.4 Å². The van der Waals surface area contributed by atoms with Gasteiger partial charge in [-0.2, -0.15) is 0 Å². The Labute approximate surface area is 117 Å². The molecule has 98 valence electrons. The number of rotatable bonds is 4. The number of aryl methyl sites for hydroxylation is 1. The summed E-state index contributed by atoms with van der Waals surface area (Å²) in [5, 5.41) is 7.00. The molecule has 3 rings (SSSR count). The van der Waals surface area contributed by atoms with E-state index in [1.165, 1.54) is 21.2 Å². The zero-order chi connectivity index (χ0) is 13.2. The second-order valence-corrected chi connectivity index (χ2v) is 5.47. The van der Waals surface area contributed by atoms with E-state index in [0.717, 1.165) is 12.2 Å². The van der Waals surface area contributed by atoms with Crippen molar-refractivity contribution in [1.82, 2.24) is 5.32 Å². The van der Waals surface area contributed by atoms with Gasteiger partial charge in [0.1, 0.15) is 5.76 Å². The van der Waals surface area contributed by atoms with Gasteiger partial charge in [-0.05, 0) is 35.5 Å². The first kappa shape index (κ1) is 12.5. The molecule has 19 heavy (non-hydrogen) atoms. The molecule has 0 bridgehead atoms. The second-order valence-electron chi connectivity index (χ2n) is 4.56. The summed E-state index contributed by atoms with van der Waals surface area (Å²) >= 11 is 1.80. The average Bonchev–Trinajstić information content (AvgIpc) is 3.07. The monoisotopic (exact) mass is 271 g/mol. The van der Waals surface area contributed by atoms with Gasteiger partial charge in [-0.3, -0.25) is 0 Å². The van der Waals surface area contributed by atoms with Crippen LogP contribution in [0.4, 0.5) is 0 Å². The third kappa shape index (κ3) is 2.09. The predicted molar refractivity (Wildman–Crippen MR) is 80.8 cm³/mol. The van der Waals surface area contributed by atoms with Crippen molar-refractivity contribution in [2.24, 2.45) is 0 Å². The Balaban J connectivity index is 2.12. The van der Waals surface area contributed by atoms with Crippen LogP contribution >= 0.6 is 11.3 Å². The summed E-state index contributed by atoms with van der Waals surface area (Å²) in [6, 6.07) is 10.8. The highest BCUT2D eigenvalue weighted by Gasteiger charge is 2.20. The van der Waals surface area contributed by atoms with Crippen LogP contribution in [-0.4, -0.2) is 7.05 Å². The van der Waals surface area contributed by atoms with Crippen molar-refractivity contribution < 1.29 is 4.42 Å². The lowest BCUT2D eigenvalue weighted by Gasteiger charge is -2.15. The van der Waals surface area contributed by atoms with E-state index in [0.29, 0.717) is 0 Å². The lowest BCUT2D eigenvalue weighted by atomic mass is 9.98. The summed E-state index contributed by atoms with van der Waals surface area (Å²) in [5.74, 6) is 1.06. The molecular formula is C16H17NOS. The maximum absolute atomic E-state index is 5.57. The minimum absolute atomic E-state index is 0.199. The molecule has 2 heterocycles. The van der Waals surface area contributed by atoms with Gasteiger partial charge >= 0.3 is 0 Å². The molecule has 0 spiro atoms. The van der Waals surface area contributed by atoms with Crippen LogP contribution < -0.4 is 5.32 Å². The highest BCUT2D eigenvalue weighted by Crippen LogP contribution is 2.34. The fourth-order valence-corrected chi connectivity index (χ4v) is 3.58. The molecule has 2 nitrogen and oxygen atoms in total. The third-order valence-electron chi connectivity index (χ3n) is 3.52. The van der Waals surface area contributed by atoms with Crippen LogP contribution in [0.1, 0.15) is 29.9 Å². The minimum Gasteiger partial charge on any atom is -0.469 e. The van der Waals surface area contributed by atoms with E-state index in [9.17, 15) is 0 Å². The van der Waals surface area contributed by atoms with Gasteiger partial charge < -0.3 is 9.73 Å². The number of fused-ring (bicyclic) bond motifs is 1. The molecule has 0 saturated carbocycles. The first-order valence-electron chi connectivity index (χ1n) is 6.54. The van der Waals surface area contributed by atoms with E-state index in [-0.39, 0.29) is 6.04 Å². The molecule has 0 radical (unpaired) electrons. The number of hydrogen-bond donors (Lipinski definition) is 1. The van der Waals surface area contributed by atoms with Crippen molar-refractivity contribution in [2.75, 3.05) is 7.05 Å². The molecule has 0 aliphatic carbocycles. The van der Waals surface area contributed by atoms with Crippen LogP contribution in [0, 0.1) is 0 Å². The Kier molecular flexibility index (Phi) is 3.40. The third-order valence-corrected chi connectivity index (χ3v) is 4.50. The Bertz CT molecular complexity index is 683. The fourth-order valence-electron chi connectivity index (χ4n) is 2.60. The van der Waals surface area contributed by atoms with Gasteiger partial charge in [-0.15, -0.1) is 11.3 Å². The standard InChI is InChI=1S/C16H17NOS/c1-3-14-12(8-9-18-14)16(17-2)13-10-19-15-7-5-4-6-11(13)15/h4-10,16-17H,3H2,1-2H3. The molecule has 1 atom stereocenters. The predicted octanol–water partition coefficient (Wildman–Crippen LogP) is 4.37. The van der Waals surface area contributed by atoms with E-state index in [1.54, 1.807) is 17.6 Å². The maximum Gasteiger partial charge on any atom is 0.108 e. The lowest BCUT2D eigenvalue weighted by molar-refractivity contribution is 0.505. The van der Waals surface area contributed by atoms with Gasteiger partial charge in [-0.25, -0.2) is 0 Å². The van der Waals surface area contributed by atoms with E-state index in [4.69, 9.17) is 4.42 Å².